The second-order valence-corrected chi connectivity index (χ2v) is 4.82. The second kappa shape index (κ2) is 4.52. The van der Waals surface area contributed by atoms with Crippen molar-refractivity contribution in [1.29, 1.82) is 0 Å². The maximum atomic E-state index is 10.5. The molecule has 2 rings (SSSR count). The number of hydrogen-bond acceptors (Lipinski definition) is 3. The van der Waals surface area contributed by atoms with Crippen LogP contribution in [0.1, 0.15) is 37.3 Å². The lowest BCUT2D eigenvalue weighted by molar-refractivity contribution is 0.247. The summed E-state index contributed by atoms with van der Waals surface area (Å²) in [6.45, 7) is 2.02. The lowest BCUT2D eigenvalue weighted by Gasteiger charge is -2.37. The summed E-state index contributed by atoms with van der Waals surface area (Å²) in [6.07, 6.45) is 4.97. The molecule has 1 fully saturated rings. The highest BCUT2D eigenvalue weighted by Crippen LogP contribution is 2.49. The Hall–Kier alpha value is -1.31. The van der Waals surface area contributed by atoms with Gasteiger partial charge in [0, 0.05) is 5.56 Å². The molecule has 90 valence electrons. The Bertz CT molecular complexity index is 488. The van der Waals surface area contributed by atoms with E-state index in [0.29, 0.717) is 10.6 Å². The van der Waals surface area contributed by atoms with E-state index >= 15 is 0 Å². The van der Waals surface area contributed by atoms with Crippen LogP contribution in [0.4, 0.5) is 0 Å². The second-order valence-electron chi connectivity index (χ2n) is 4.42. The first-order chi connectivity index (χ1) is 8.13. The molecule has 0 bridgehead atoms. The van der Waals surface area contributed by atoms with Crippen molar-refractivity contribution < 1.29 is 9.90 Å². The molecule has 0 radical (unpaired) electrons. The number of hydrogen-bond donors (Lipinski definition) is 1. The molecule has 0 unspecified atom stereocenters. The van der Waals surface area contributed by atoms with Crippen LogP contribution in [0.5, 0.6) is 5.75 Å². The molecule has 1 aromatic rings. The van der Waals surface area contributed by atoms with Crippen molar-refractivity contribution in [2.24, 2.45) is 4.99 Å². The maximum Gasteiger partial charge on any atom is 0.235 e. The topological polar surface area (TPSA) is 49.7 Å². The van der Waals surface area contributed by atoms with Gasteiger partial charge >= 0.3 is 0 Å². The van der Waals surface area contributed by atoms with Gasteiger partial charge in [0.2, 0.25) is 6.08 Å². The van der Waals surface area contributed by atoms with Crippen LogP contribution in [0.2, 0.25) is 5.02 Å². The average Bonchev–Trinajstić information content (AvgIpc) is 2.27. The molecule has 0 spiro atoms. The number of aromatic hydroxyl groups is 1. The van der Waals surface area contributed by atoms with Gasteiger partial charge in [-0.3, -0.25) is 0 Å². The quantitative estimate of drug-likeness (QED) is 0.662. The fourth-order valence-corrected chi connectivity index (χ4v) is 2.50. The zero-order chi connectivity index (χ0) is 12.5. The number of rotatable bonds is 3. The fourth-order valence-electron chi connectivity index (χ4n) is 2.25. The van der Waals surface area contributed by atoms with Gasteiger partial charge in [-0.1, -0.05) is 18.5 Å². The van der Waals surface area contributed by atoms with E-state index in [0.717, 1.165) is 31.2 Å². The molecule has 1 aliphatic carbocycles. The van der Waals surface area contributed by atoms with Crippen LogP contribution in [0.15, 0.2) is 17.1 Å². The van der Waals surface area contributed by atoms with Crippen molar-refractivity contribution in [1.82, 2.24) is 0 Å². The smallest absolute Gasteiger partial charge is 0.235 e. The van der Waals surface area contributed by atoms with Gasteiger partial charge in [-0.25, -0.2) is 4.79 Å². The van der Waals surface area contributed by atoms with Crippen LogP contribution in [-0.2, 0) is 16.8 Å². The maximum absolute atomic E-state index is 10.5. The standard InChI is InChI=1S/C13H14ClNO2/c1-2-9-6-10(12(17)11(14)7-9)13(15-8-16)4-3-5-13/h6-7,17H,2-5H2,1H3. The summed E-state index contributed by atoms with van der Waals surface area (Å²) in [6, 6.07) is 3.64. The predicted molar refractivity (Wildman–Crippen MR) is 66.1 cm³/mol. The highest BCUT2D eigenvalue weighted by Gasteiger charge is 2.41. The van der Waals surface area contributed by atoms with Crippen LogP contribution in [-0.4, -0.2) is 11.2 Å². The number of halogens is 1. The number of aryl methyl sites for hydroxylation is 1. The third kappa shape index (κ3) is 1.97. The lowest BCUT2D eigenvalue weighted by Crippen LogP contribution is -2.32. The van der Waals surface area contributed by atoms with Crippen molar-refractivity contribution in [2.45, 2.75) is 38.1 Å². The molecule has 0 aliphatic heterocycles. The molecule has 1 saturated carbocycles. The summed E-state index contributed by atoms with van der Waals surface area (Å²) in [5.74, 6) is 0.0440. The third-order valence-corrected chi connectivity index (χ3v) is 3.76. The van der Waals surface area contributed by atoms with E-state index in [1.807, 2.05) is 13.0 Å². The highest BCUT2D eigenvalue weighted by molar-refractivity contribution is 6.32. The zero-order valence-corrected chi connectivity index (χ0v) is 10.4. The van der Waals surface area contributed by atoms with Gasteiger partial charge < -0.3 is 5.11 Å². The summed E-state index contributed by atoms with van der Waals surface area (Å²) in [4.78, 5) is 14.4. The largest absolute Gasteiger partial charge is 0.506 e. The lowest BCUT2D eigenvalue weighted by atomic mass is 9.71. The Morgan fingerprint density at radius 1 is 1.53 bits per heavy atom. The number of nitrogens with zero attached hydrogens (tertiary/aromatic N) is 1. The summed E-state index contributed by atoms with van der Waals surface area (Å²) in [5.41, 5.74) is 1.10. The van der Waals surface area contributed by atoms with Crippen LogP contribution in [0.25, 0.3) is 0 Å². The Morgan fingerprint density at radius 2 is 2.24 bits per heavy atom. The Morgan fingerprint density at radius 3 is 2.71 bits per heavy atom. The minimum atomic E-state index is -0.597. The molecule has 0 saturated heterocycles. The Labute approximate surface area is 105 Å². The number of aliphatic imine (C=N–C) groups is 1. The minimum absolute atomic E-state index is 0.0440. The molecular weight excluding hydrogens is 238 g/mol. The van der Waals surface area contributed by atoms with Crippen LogP contribution < -0.4 is 0 Å². The first-order valence-electron chi connectivity index (χ1n) is 5.74. The van der Waals surface area contributed by atoms with Crippen LogP contribution in [0, 0.1) is 0 Å². The molecule has 4 heteroatoms. The first kappa shape index (κ1) is 12.2. The van der Waals surface area contributed by atoms with E-state index in [1.165, 1.54) is 0 Å². The zero-order valence-electron chi connectivity index (χ0n) is 9.66. The van der Waals surface area contributed by atoms with Crippen LogP contribution >= 0.6 is 11.6 Å². The number of isocyanates is 1. The van der Waals surface area contributed by atoms with Gasteiger partial charge in [0.15, 0.2) is 0 Å². The molecule has 17 heavy (non-hydrogen) atoms. The third-order valence-electron chi connectivity index (χ3n) is 3.47. The van der Waals surface area contributed by atoms with Gasteiger partial charge in [-0.15, -0.1) is 0 Å². The van der Waals surface area contributed by atoms with E-state index < -0.39 is 5.54 Å². The SMILES string of the molecule is CCc1cc(Cl)c(O)c(C2(N=C=O)CCC2)c1. The normalized spacial score (nSPS) is 17.1. The van der Waals surface area contributed by atoms with Crippen molar-refractivity contribution >= 4 is 17.7 Å². The molecule has 0 atom stereocenters. The summed E-state index contributed by atoms with van der Waals surface area (Å²) >= 11 is 5.99. The molecule has 1 aliphatic rings. The van der Waals surface area contributed by atoms with Gasteiger partial charge in [-0.2, -0.15) is 4.99 Å². The van der Waals surface area contributed by atoms with Crippen LogP contribution in [0.3, 0.4) is 0 Å². The molecule has 0 heterocycles. The average molecular weight is 252 g/mol. The summed E-state index contributed by atoms with van der Waals surface area (Å²) < 4.78 is 0. The fraction of sp³-hybridized carbons (Fsp3) is 0.462. The van der Waals surface area contributed by atoms with Gasteiger partial charge in [-0.05, 0) is 43.4 Å². The van der Waals surface area contributed by atoms with E-state index in [9.17, 15) is 9.90 Å². The minimum Gasteiger partial charge on any atom is -0.506 e. The van der Waals surface area contributed by atoms with Gasteiger partial charge in [0.25, 0.3) is 0 Å². The Kier molecular flexibility index (Phi) is 3.23. The first-order valence-corrected chi connectivity index (χ1v) is 6.11. The molecule has 0 amide bonds. The van der Waals surface area contributed by atoms with Crippen molar-refractivity contribution in [2.75, 3.05) is 0 Å². The van der Waals surface area contributed by atoms with E-state index in [2.05, 4.69) is 4.99 Å². The Balaban J connectivity index is 2.57. The number of phenols is 1. The van der Waals surface area contributed by atoms with Gasteiger partial charge in [0.1, 0.15) is 11.3 Å². The van der Waals surface area contributed by atoms with E-state index in [1.54, 1.807) is 12.1 Å². The molecule has 3 nitrogen and oxygen atoms in total. The number of carbonyl (C=O) groups excluding carboxylic acids is 1. The monoisotopic (exact) mass is 251 g/mol. The van der Waals surface area contributed by atoms with E-state index in [-0.39, 0.29) is 5.75 Å². The molecule has 1 N–H and O–H groups in total. The predicted octanol–water partition coefficient (Wildman–Crippen LogP) is 3.32. The van der Waals surface area contributed by atoms with Crippen molar-refractivity contribution in [3.8, 4) is 5.75 Å². The van der Waals surface area contributed by atoms with Crippen molar-refractivity contribution in [3.63, 3.8) is 0 Å². The molecule has 0 aromatic heterocycles. The van der Waals surface area contributed by atoms with E-state index in [4.69, 9.17) is 11.6 Å². The molecular formula is C13H14ClNO2. The number of phenolic OH excluding ortho intramolecular Hbond substituents is 1. The summed E-state index contributed by atoms with van der Waals surface area (Å²) in [7, 11) is 0. The van der Waals surface area contributed by atoms with Crippen molar-refractivity contribution in [3.05, 3.63) is 28.3 Å². The number of benzene rings is 1. The van der Waals surface area contributed by atoms with Gasteiger partial charge in [0.05, 0.1) is 5.02 Å². The molecule has 1 aromatic carbocycles. The summed E-state index contributed by atoms with van der Waals surface area (Å²) in [5, 5.41) is 10.3. The highest BCUT2D eigenvalue weighted by atomic mass is 35.5.